The summed E-state index contributed by atoms with van der Waals surface area (Å²) in [5.41, 5.74) is 1.42. The number of hydrogen-bond donors (Lipinski definition) is 0. The zero-order chi connectivity index (χ0) is 14.5. The van der Waals surface area contributed by atoms with Crippen LogP contribution < -0.4 is 4.74 Å². The fourth-order valence-corrected chi connectivity index (χ4v) is 3.73. The summed E-state index contributed by atoms with van der Waals surface area (Å²) >= 11 is 0. The van der Waals surface area contributed by atoms with Gasteiger partial charge in [0.2, 0.25) is 0 Å². The number of methoxy groups -OCH3 is 1. The highest BCUT2D eigenvalue weighted by molar-refractivity contribution is 5.27. The van der Waals surface area contributed by atoms with E-state index in [2.05, 4.69) is 34.1 Å². The molecule has 3 rings (SSSR count). The summed E-state index contributed by atoms with van der Waals surface area (Å²) in [5, 5.41) is 0. The van der Waals surface area contributed by atoms with Gasteiger partial charge in [0.25, 0.3) is 0 Å². The Morgan fingerprint density at radius 2 is 1.86 bits per heavy atom. The molecule has 0 bridgehead atoms. The smallest absolute Gasteiger partial charge is 0.118 e. The van der Waals surface area contributed by atoms with E-state index in [-0.39, 0.29) is 0 Å². The molecule has 2 saturated heterocycles. The van der Waals surface area contributed by atoms with Gasteiger partial charge in [-0.2, -0.15) is 0 Å². The van der Waals surface area contributed by atoms with E-state index in [4.69, 9.17) is 4.74 Å². The van der Waals surface area contributed by atoms with Crippen LogP contribution in [-0.2, 0) is 6.42 Å². The monoisotopic (exact) mass is 288 g/mol. The van der Waals surface area contributed by atoms with E-state index < -0.39 is 0 Å². The van der Waals surface area contributed by atoms with Crippen molar-refractivity contribution in [3.63, 3.8) is 0 Å². The lowest BCUT2D eigenvalue weighted by molar-refractivity contribution is 0.137. The molecule has 2 aliphatic heterocycles. The second kappa shape index (κ2) is 7.28. The average Bonchev–Trinajstić information content (AvgIpc) is 2.75. The van der Waals surface area contributed by atoms with Gasteiger partial charge in [0.15, 0.2) is 0 Å². The average molecular weight is 288 g/mol. The molecule has 3 heteroatoms. The zero-order valence-corrected chi connectivity index (χ0v) is 13.3. The summed E-state index contributed by atoms with van der Waals surface area (Å²) < 4.78 is 5.22. The third-order valence-corrected chi connectivity index (χ3v) is 5.01. The Balaban J connectivity index is 1.51. The van der Waals surface area contributed by atoms with Crippen molar-refractivity contribution in [3.05, 3.63) is 29.8 Å². The first-order valence-electron chi connectivity index (χ1n) is 8.44. The van der Waals surface area contributed by atoms with Crippen LogP contribution in [0.3, 0.4) is 0 Å². The minimum Gasteiger partial charge on any atom is -0.497 e. The van der Waals surface area contributed by atoms with Gasteiger partial charge in [-0.3, -0.25) is 4.90 Å². The van der Waals surface area contributed by atoms with Crippen molar-refractivity contribution in [1.29, 1.82) is 0 Å². The molecule has 2 heterocycles. The molecule has 0 radical (unpaired) electrons. The molecule has 0 aliphatic carbocycles. The van der Waals surface area contributed by atoms with Crippen molar-refractivity contribution in [3.8, 4) is 5.75 Å². The maximum atomic E-state index is 5.22. The van der Waals surface area contributed by atoms with Crippen LogP contribution in [0.15, 0.2) is 24.3 Å². The summed E-state index contributed by atoms with van der Waals surface area (Å²) in [5.74, 6) is 0.950. The molecule has 0 saturated carbocycles. The van der Waals surface area contributed by atoms with Crippen LogP contribution >= 0.6 is 0 Å². The minimum atomic E-state index is 0.817. The first-order chi connectivity index (χ1) is 10.3. The van der Waals surface area contributed by atoms with Gasteiger partial charge in [0.1, 0.15) is 5.75 Å². The maximum absolute atomic E-state index is 5.22. The fraction of sp³-hybridized carbons (Fsp3) is 0.667. The Morgan fingerprint density at radius 3 is 2.67 bits per heavy atom. The van der Waals surface area contributed by atoms with Gasteiger partial charge >= 0.3 is 0 Å². The topological polar surface area (TPSA) is 15.7 Å². The molecule has 21 heavy (non-hydrogen) atoms. The van der Waals surface area contributed by atoms with Crippen molar-refractivity contribution < 1.29 is 4.74 Å². The molecule has 3 nitrogen and oxygen atoms in total. The number of fused-ring (bicyclic) bond motifs is 1. The van der Waals surface area contributed by atoms with Crippen molar-refractivity contribution in [2.45, 2.75) is 38.1 Å². The Bertz CT molecular complexity index is 431. The first kappa shape index (κ1) is 14.9. The highest BCUT2D eigenvalue weighted by atomic mass is 16.5. The van der Waals surface area contributed by atoms with Crippen molar-refractivity contribution in [2.24, 2.45) is 0 Å². The van der Waals surface area contributed by atoms with E-state index in [0.29, 0.717) is 0 Å². The maximum Gasteiger partial charge on any atom is 0.118 e. The Labute approximate surface area is 128 Å². The molecule has 0 aromatic heterocycles. The lowest BCUT2D eigenvalue weighted by Gasteiger charge is -2.35. The normalized spacial score (nSPS) is 24.3. The highest BCUT2D eigenvalue weighted by Crippen LogP contribution is 2.21. The molecule has 1 atom stereocenters. The molecule has 2 fully saturated rings. The molecular weight excluding hydrogens is 260 g/mol. The number of rotatable bonds is 4. The molecule has 2 aliphatic rings. The van der Waals surface area contributed by atoms with Gasteiger partial charge in [0.05, 0.1) is 7.11 Å². The predicted molar refractivity (Wildman–Crippen MR) is 87.0 cm³/mol. The molecule has 0 amide bonds. The van der Waals surface area contributed by atoms with Crippen molar-refractivity contribution in [1.82, 2.24) is 9.80 Å². The minimum absolute atomic E-state index is 0.817. The van der Waals surface area contributed by atoms with Gasteiger partial charge < -0.3 is 9.64 Å². The van der Waals surface area contributed by atoms with E-state index >= 15 is 0 Å². The lowest BCUT2D eigenvalue weighted by Crippen LogP contribution is -2.44. The third-order valence-electron chi connectivity index (χ3n) is 5.01. The number of nitrogens with zero attached hydrogens (tertiary/aromatic N) is 2. The Hall–Kier alpha value is -1.06. The van der Waals surface area contributed by atoms with Crippen LogP contribution in [0.4, 0.5) is 0 Å². The lowest BCUT2D eigenvalue weighted by atomic mass is 10.0. The molecule has 1 unspecified atom stereocenters. The van der Waals surface area contributed by atoms with Gasteiger partial charge in [-0.25, -0.2) is 0 Å². The van der Waals surface area contributed by atoms with E-state index in [1.807, 2.05) is 0 Å². The fourth-order valence-electron chi connectivity index (χ4n) is 3.73. The van der Waals surface area contributed by atoms with Crippen LogP contribution in [0.5, 0.6) is 5.75 Å². The second-order valence-corrected chi connectivity index (χ2v) is 6.44. The Morgan fingerprint density at radius 1 is 1.05 bits per heavy atom. The largest absolute Gasteiger partial charge is 0.497 e. The van der Waals surface area contributed by atoms with Crippen LogP contribution in [0.25, 0.3) is 0 Å². The molecule has 1 aromatic carbocycles. The first-order valence-corrected chi connectivity index (χ1v) is 8.44. The van der Waals surface area contributed by atoms with Crippen molar-refractivity contribution >= 4 is 0 Å². The van der Waals surface area contributed by atoms with E-state index in [1.165, 1.54) is 64.0 Å². The predicted octanol–water partition coefficient (Wildman–Crippen LogP) is 2.80. The van der Waals surface area contributed by atoms with Crippen LogP contribution in [-0.4, -0.2) is 55.7 Å². The summed E-state index contributed by atoms with van der Waals surface area (Å²) in [7, 11) is 1.72. The molecular formula is C18H28N2O. The number of piperidine rings is 1. The summed E-state index contributed by atoms with van der Waals surface area (Å²) in [6, 6.07) is 9.35. The molecule has 116 valence electrons. The van der Waals surface area contributed by atoms with Crippen LogP contribution in [0, 0.1) is 0 Å². The van der Waals surface area contributed by atoms with Gasteiger partial charge in [0, 0.05) is 19.1 Å². The van der Waals surface area contributed by atoms with Crippen LogP contribution in [0.2, 0.25) is 0 Å². The zero-order valence-electron chi connectivity index (χ0n) is 13.3. The number of benzene rings is 1. The number of ether oxygens (including phenoxy) is 1. The van der Waals surface area contributed by atoms with E-state index in [1.54, 1.807) is 7.11 Å². The van der Waals surface area contributed by atoms with Crippen LogP contribution in [0.1, 0.15) is 31.2 Å². The van der Waals surface area contributed by atoms with Gasteiger partial charge in [-0.1, -0.05) is 18.6 Å². The second-order valence-electron chi connectivity index (χ2n) is 6.44. The highest BCUT2D eigenvalue weighted by Gasteiger charge is 2.26. The summed E-state index contributed by atoms with van der Waals surface area (Å²) in [6.07, 6.45) is 6.71. The molecule has 0 spiro atoms. The van der Waals surface area contributed by atoms with E-state index in [9.17, 15) is 0 Å². The quantitative estimate of drug-likeness (QED) is 0.847. The molecule has 1 aromatic rings. The summed E-state index contributed by atoms with van der Waals surface area (Å²) in [6.45, 7) is 6.37. The van der Waals surface area contributed by atoms with E-state index in [0.717, 1.165) is 18.2 Å². The third kappa shape index (κ3) is 3.98. The summed E-state index contributed by atoms with van der Waals surface area (Å²) in [4.78, 5) is 5.41. The number of hydrogen-bond acceptors (Lipinski definition) is 3. The Kier molecular flexibility index (Phi) is 5.15. The van der Waals surface area contributed by atoms with Crippen molar-refractivity contribution in [2.75, 3.05) is 39.8 Å². The van der Waals surface area contributed by atoms with Gasteiger partial charge in [-0.05, 0) is 63.0 Å². The SMILES string of the molecule is COc1ccc(CCN2CCCN3CCCCC3C2)cc1. The molecule has 0 N–H and O–H groups in total. The van der Waals surface area contributed by atoms with Gasteiger partial charge in [-0.15, -0.1) is 0 Å². The standard InChI is InChI=1S/C18H28N2O/c1-21-18-8-6-16(7-9-18)10-14-19-11-4-13-20-12-3-2-5-17(20)15-19/h6-9,17H,2-5,10-15H2,1H3.